The topological polar surface area (TPSA) is 49.3 Å². The number of nitrogens with one attached hydrogen (secondary N) is 1. The largest absolute Gasteiger partial charge is 0.481 e. The van der Waals surface area contributed by atoms with Gasteiger partial charge in [-0.05, 0) is 24.8 Å². The summed E-state index contributed by atoms with van der Waals surface area (Å²) in [5.41, 5.74) is -0.382. The van der Waals surface area contributed by atoms with E-state index in [9.17, 15) is 9.90 Å². The van der Waals surface area contributed by atoms with E-state index in [0.29, 0.717) is 0 Å². The van der Waals surface area contributed by atoms with Gasteiger partial charge in [-0.15, -0.1) is 0 Å². The highest BCUT2D eigenvalue weighted by Gasteiger charge is 2.30. The number of carboxylic acid groups (broad SMARTS) is 1. The van der Waals surface area contributed by atoms with Crippen molar-refractivity contribution in [1.82, 2.24) is 5.32 Å². The Kier molecular flexibility index (Phi) is 1.33. The fourth-order valence-corrected chi connectivity index (χ4v) is 1.35. The summed E-state index contributed by atoms with van der Waals surface area (Å²) >= 11 is 0. The highest BCUT2D eigenvalue weighted by molar-refractivity contribution is 5.77. The molecule has 0 unspecified atom stereocenters. The van der Waals surface area contributed by atoms with E-state index in [0.717, 1.165) is 12.1 Å². The van der Waals surface area contributed by atoms with Crippen LogP contribution in [0, 0.1) is 0 Å². The van der Waals surface area contributed by atoms with Crippen molar-refractivity contribution in [2.24, 2.45) is 0 Å². The molecule has 0 aromatic heterocycles. The lowest BCUT2D eigenvalue weighted by atomic mass is 9.86. The van der Waals surface area contributed by atoms with E-state index in [2.05, 4.69) is 0 Å². The molecule has 2 rings (SSSR count). The van der Waals surface area contributed by atoms with Gasteiger partial charge in [0.25, 0.3) is 0 Å². The van der Waals surface area contributed by atoms with Gasteiger partial charge < -0.3 is 10.4 Å². The number of rotatable bonds is 3. The molecule has 0 spiro atoms. The lowest BCUT2D eigenvalue weighted by molar-refractivity contribution is -0.139. The van der Waals surface area contributed by atoms with Crippen LogP contribution in [0.4, 0.5) is 0 Å². The van der Waals surface area contributed by atoms with E-state index in [1.165, 1.54) is 18.2 Å². The zero-order valence-electron chi connectivity index (χ0n) is 18.2. The molecule has 1 aromatic rings. The van der Waals surface area contributed by atoms with Crippen LogP contribution < -0.4 is 5.32 Å². The van der Waals surface area contributed by atoms with Gasteiger partial charge in [-0.25, -0.2) is 0 Å². The van der Waals surface area contributed by atoms with Crippen molar-refractivity contribution < 1.29 is 23.6 Å². The molecule has 1 aliphatic rings. The summed E-state index contributed by atoms with van der Waals surface area (Å²) in [6, 6.07) is 3.01. The molecule has 2 atom stereocenters. The number of piperidine rings is 1. The Bertz CT molecular complexity index is 725. The van der Waals surface area contributed by atoms with Gasteiger partial charge in [-0.1, -0.05) is 36.7 Å². The molecule has 86 valence electrons. The second-order valence-corrected chi connectivity index (χ2v) is 3.05. The fraction of sp³-hybridized carbons (Fsp3) is 0.462. The minimum Gasteiger partial charge on any atom is -0.481 e. The standard InChI is InChI=1S/C13H17NO2/c15-13(16)12(10-6-2-1-3-7-10)11-8-4-5-9-14-11/h1-3,6-7,11-12,14H,4-5,8-9H2,(H,15,16)/t11-,12-/m0/s1/i4D2,5D2,8D2,9D2,11D,12D. The second-order valence-electron chi connectivity index (χ2n) is 3.05. The maximum atomic E-state index is 11.9. The summed E-state index contributed by atoms with van der Waals surface area (Å²) in [5, 5.41) is 11.3. The Hall–Kier alpha value is -1.35. The van der Waals surface area contributed by atoms with Crippen molar-refractivity contribution >= 4 is 5.97 Å². The van der Waals surface area contributed by atoms with Crippen LogP contribution in [0.1, 0.15) is 44.3 Å². The van der Waals surface area contributed by atoms with Crippen LogP contribution in [0.5, 0.6) is 0 Å². The van der Waals surface area contributed by atoms with Crippen LogP contribution in [0.15, 0.2) is 30.3 Å². The first-order chi connectivity index (χ1) is 11.5. The van der Waals surface area contributed by atoms with Gasteiger partial charge in [-0.3, -0.25) is 4.79 Å². The molecule has 1 fully saturated rings. The molecule has 0 aliphatic carbocycles. The normalized spacial score (nSPS) is 51.0. The van der Waals surface area contributed by atoms with Gasteiger partial charge in [0.05, 0.1) is 5.89 Å². The van der Waals surface area contributed by atoms with Gasteiger partial charge in [0.1, 0.15) is 0 Å². The Morgan fingerprint density at radius 2 is 2.31 bits per heavy atom. The predicted molar refractivity (Wildman–Crippen MR) is 62.5 cm³/mol. The molecule has 0 radical (unpaired) electrons. The molecule has 3 heteroatoms. The first kappa shape index (κ1) is 4.15. The van der Waals surface area contributed by atoms with Gasteiger partial charge in [-0.2, -0.15) is 0 Å². The molecule has 1 aromatic carbocycles. The van der Waals surface area contributed by atoms with E-state index < -0.39 is 43.5 Å². The Labute approximate surface area is 110 Å². The van der Waals surface area contributed by atoms with Crippen LogP contribution in [-0.2, 0) is 4.79 Å². The van der Waals surface area contributed by atoms with E-state index >= 15 is 0 Å². The van der Waals surface area contributed by atoms with Gasteiger partial charge >= 0.3 is 5.97 Å². The smallest absolute Gasteiger partial charge is 0.312 e. The second kappa shape index (κ2) is 5.12. The molecule has 3 nitrogen and oxygen atoms in total. The predicted octanol–water partition coefficient (Wildman–Crippen LogP) is 2.00. The zero-order valence-corrected chi connectivity index (χ0v) is 8.24. The number of aliphatic carboxylic acids is 1. The van der Waals surface area contributed by atoms with Crippen molar-refractivity contribution in [3.05, 3.63) is 35.9 Å². The maximum absolute atomic E-state index is 11.9. The Morgan fingerprint density at radius 1 is 1.56 bits per heavy atom. The molecule has 0 amide bonds. The zero-order chi connectivity index (χ0) is 20.4. The minimum atomic E-state index is -3.63. The van der Waals surface area contributed by atoms with E-state index in [4.69, 9.17) is 13.7 Å². The molecular weight excluding hydrogens is 202 g/mol. The summed E-state index contributed by atoms with van der Waals surface area (Å²) in [5.74, 6) is -5.20. The molecule has 1 aliphatic heterocycles. The van der Waals surface area contributed by atoms with Crippen LogP contribution in [-0.4, -0.2) is 23.6 Å². The molecule has 0 bridgehead atoms. The van der Waals surface area contributed by atoms with Gasteiger partial charge in [0.15, 0.2) is 0 Å². The van der Waals surface area contributed by atoms with E-state index in [1.54, 1.807) is 5.32 Å². The molecule has 16 heavy (non-hydrogen) atoms. The van der Waals surface area contributed by atoms with E-state index in [-0.39, 0.29) is 5.56 Å². The summed E-state index contributed by atoms with van der Waals surface area (Å²) < 4.78 is 79.7. The van der Waals surface area contributed by atoms with Crippen molar-refractivity contribution in [3.8, 4) is 0 Å². The monoisotopic (exact) mass is 229 g/mol. The number of carboxylic acids is 1. The Morgan fingerprint density at radius 3 is 3.00 bits per heavy atom. The Balaban J connectivity index is 2.86. The number of hydrogen-bond donors (Lipinski definition) is 2. The summed E-state index contributed by atoms with van der Waals surface area (Å²) in [4.78, 5) is 11.9. The SMILES string of the molecule is [2H]C1([2H])N[C@]([2H])([C@@]([2H])(C(=O)O)c2ccccc2)C([2H])([2H])C([2H])([2H])C1([2H])[2H]. The summed E-state index contributed by atoms with van der Waals surface area (Å²) in [6.07, 6.45) is -10.7. The third-order valence-corrected chi connectivity index (χ3v) is 2.03. The maximum Gasteiger partial charge on any atom is 0.312 e. The average Bonchev–Trinajstić information content (AvgIpc) is 2.52. The van der Waals surface area contributed by atoms with Crippen molar-refractivity contribution in [3.63, 3.8) is 0 Å². The first-order valence-corrected chi connectivity index (χ1v) is 4.59. The van der Waals surface area contributed by atoms with Gasteiger partial charge in [0.2, 0.25) is 0 Å². The first-order valence-electron chi connectivity index (χ1n) is 9.59. The number of hydrogen-bond acceptors (Lipinski definition) is 2. The van der Waals surface area contributed by atoms with Crippen LogP contribution in [0.25, 0.3) is 0 Å². The number of carbonyl (C=O) groups is 1. The third-order valence-electron chi connectivity index (χ3n) is 2.03. The highest BCUT2D eigenvalue weighted by atomic mass is 16.4. The van der Waals surface area contributed by atoms with Crippen LogP contribution in [0.3, 0.4) is 0 Å². The van der Waals surface area contributed by atoms with Crippen molar-refractivity contribution in [2.75, 3.05) is 6.50 Å². The van der Waals surface area contributed by atoms with Gasteiger partial charge in [0, 0.05) is 19.7 Å². The quantitative estimate of drug-likeness (QED) is 0.833. The van der Waals surface area contributed by atoms with Crippen LogP contribution in [0.2, 0.25) is 0 Å². The average molecular weight is 229 g/mol. The van der Waals surface area contributed by atoms with Crippen molar-refractivity contribution in [1.29, 1.82) is 0 Å². The van der Waals surface area contributed by atoms with Crippen molar-refractivity contribution in [2.45, 2.75) is 31.0 Å². The minimum absolute atomic E-state index is 0.382. The molecule has 1 saturated heterocycles. The van der Waals surface area contributed by atoms with E-state index in [1.807, 2.05) is 0 Å². The van der Waals surface area contributed by atoms with Crippen LogP contribution >= 0.6 is 0 Å². The molecular formula is C13H17NO2. The highest BCUT2D eigenvalue weighted by Crippen LogP contribution is 2.25. The molecule has 2 N–H and O–H groups in total. The lowest BCUT2D eigenvalue weighted by Crippen LogP contribution is -2.41. The summed E-state index contributed by atoms with van der Waals surface area (Å²) in [7, 11) is 0. The fourth-order valence-electron chi connectivity index (χ4n) is 1.35. The third kappa shape index (κ3) is 2.42. The lowest BCUT2D eigenvalue weighted by Gasteiger charge is -2.29. The number of benzene rings is 1. The summed E-state index contributed by atoms with van der Waals surface area (Å²) in [6.45, 7) is -3.33. The molecule has 1 heterocycles. The molecule has 0 saturated carbocycles.